The molecule has 1 N–H and O–H groups in total. The number of carbonyl (C=O) groups is 1. The zero-order valence-electron chi connectivity index (χ0n) is 3.43. The van der Waals surface area contributed by atoms with E-state index in [-0.39, 0.29) is 11.9 Å². The fourth-order valence-corrected chi connectivity index (χ4v) is 0.0838. The Hall–Kier alpha value is -1.39. The summed E-state index contributed by atoms with van der Waals surface area (Å²) < 4.78 is 0. The Balaban J connectivity index is 4.24. The summed E-state index contributed by atoms with van der Waals surface area (Å²) in [6.07, 6.45) is 0.285. The van der Waals surface area contributed by atoms with Gasteiger partial charge in [-0.05, 0) is 0 Å². The largest absolute Gasteiger partial charge is 0.296 e. The van der Waals surface area contributed by atoms with E-state index in [0.29, 0.717) is 0 Å². The van der Waals surface area contributed by atoms with Crippen molar-refractivity contribution in [2.45, 2.75) is 0 Å². The van der Waals surface area contributed by atoms with Crippen LogP contribution in [0.4, 0.5) is 0 Å². The van der Waals surface area contributed by atoms with Gasteiger partial charge in [0.25, 0.3) is 0 Å². The average molecular weight is 94.1 g/mol. The van der Waals surface area contributed by atoms with Gasteiger partial charge in [-0.25, -0.2) is 0 Å². The third-order valence-electron chi connectivity index (χ3n) is 0.373. The number of nitriles is 1. The van der Waals surface area contributed by atoms with Gasteiger partial charge in [-0.3, -0.25) is 10.2 Å². The highest BCUT2D eigenvalue weighted by atomic mass is 16.1. The third-order valence-corrected chi connectivity index (χ3v) is 0.373. The van der Waals surface area contributed by atoms with Crippen molar-refractivity contribution in [3.8, 4) is 6.07 Å². The number of allylic oxidation sites excluding steroid dienone is 1. The molecule has 0 amide bonds. The van der Waals surface area contributed by atoms with Gasteiger partial charge in [0.1, 0.15) is 6.07 Å². The van der Waals surface area contributed by atoms with E-state index in [1.165, 1.54) is 6.07 Å². The van der Waals surface area contributed by atoms with Crippen molar-refractivity contribution in [2.24, 2.45) is 0 Å². The molecule has 7 heavy (non-hydrogen) atoms. The van der Waals surface area contributed by atoms with Gasteiger partial charge in [-0.1, -0.05) is 0 Å². The summed E-state index contributed by atoms with van der Waals surface area (Å²) in [6, 6.07) is 1.45. The van der Waals surface area contributed by atoms with Gasteiger partial charge in [-0.15, -0.1) is 0 Å². The maximum atomic E-state index is 9.53. The summed E-state index contributed by atoms with van der Waals surface area (Å²) in [4.78, 5) is 9.53. The Bertz CT molecular complexity index is 159. The number of rotatable bonds is 1. The van der Waals surface area contributed by atoms with E-state index in [4.69, 9.17) is 10.7 Å². The maximum absolute atomic E-state index is 9.53. The molecular formula is C4H2N2O. The van der Waals surface area contributed by atoms with Crippen LogP contribution in [0.5, 0.6) is 0 Å². The lowest BCUT2D eigenvalue weighted by atomic mass is 10.4. The monoisotopic (exact) mass is 94.0 g/mol. The topological polar surface area (TPSA) is 64.7 Å². The summed E-state index contributed by atoms with van der Waals surface area (Å²) in [5.74, 6) is 1.64. The molecule has 0 saturated heterocycles. The molecule has 0 spiro atoms. The van der Waals surface area contributed by atoms with E-state index in [0.717, 1.165) is 0 Å². The van der Waals surface area contributed by atoms with Crippen molar-refractivity contribution in [1.29, 1.82) is 10.7 Å². The average Bonchev–Trinajstić information content (AvgIpc) is 1.72. The van der Waals surface area contributed by atoms with Crippen LogP contribution in [-0.2, 0) is 4.79 Å². The van der Waals surface area contributed by atoms with Crippen molar-refractivity contribution in [1.82, 2.24) is 0 Å². The number of hydrogen-bond donors (Lipinski definition) is 1. The van der Waals surface area contributed by atoms with E-state index in [2.05, 4.69) is 0 Å². The predicted octanol–water partition coefficient (Wildman–Crippen LogP) is -0.116. The van der Waals surface area contributed by atoms with Crippen LogP contribution in [0.1, 0.15) is 0 Å². The van der Waals surface area contributed by atoms with Crippen molar-refractivity contribution >= 4 is 12.2 Å². The second-order valence-electron chi connectivity index (χ2n) is 0.768. The van der Waals surface area contributed by atoms with Gasteiger partial charge < -0.3 is 0 Å². The molecule has 34 valence electrons. The number of carbonyl (C=O) groups excluding carboxylic acids is 1. The quantitative estimate of drug-likeness (QED) is 0.213. The van der Waals surface area contributed by atoms with Crippen LogP contribution in [0.3, 0.4) is 0 Å². The zero-order chi connectivity index (χ0) is 5.70. The molecule has 0 aromatic heterocycles. The predicted molar refractivity (Wildman–Crippen MR) is 22.9 cm³/mol. The van der Waals surface area contributed by atoms with Crippen molar-refractivity contribution in [2.75, 3.05) is 0 Å². The van der Waals surface area contributed by atoms with Crippen LogP contribution >= 0.6 is 0 Å². The van der Waals surface area contributed by atoms with E-state index in [9.17, 15) is 4.79 Å². The molecule has 0 atom stereocenters. The summed E-state index contributed by atoms with van der Waals surface area (Å²) in [5, 5.41) is 14.0. The van der Waals surface area contributed by atoms with Crippen LogP contribution < -0.4 is 0 Å². The van der Waals surface area contributed by atoms with Gasteiger partial charge in [0, 0.05) is 5.87 Å². The van der Waals surface area contributed by atoms with Crippen LogP contribution in [-0.4, -0.2) is 12.2 Å². The van der Waals surface area contributed by atoms with E-state index < -0.39 is 0 Å². The number of hydrogen-bond acceptors (Lipinski definition) is 3. The summed E-state index contributed by atoms with van der Waals surface area (Å²) >= 11 is 0. The van der Waals surface area contributed by atoms with Crippen molar-refractivity contribution in [3.63, 3.8) is 0 Å². The van der Waals surface area contributed by atoms with Gasteiger partial charge in [-0.2, -0.15) is 5.26 Å². The first-order chi connectivity index (χ1) is 3.35. The molecule has 0 saturated carbocycles. The van der Waals surface area contributed by atoms with Crippen molar-refractivity contribution in [3.05, 3.63) is 5.57 Å². The Kier molecular flexibility index (Phi) is 2.27. The Morgan fingerprint density at radius 1 is 1.86 bits per heavy atom. The summed E-state index contributed by atoms with van der Waals surface area (Å²) in [6.45, 7) is 0. The zero-order valence-corrected chi connectivity index (χ0v) is 3.43. The Morgan fingerprint density at radius 3 is 2.43 bits per heavy atom. The van der Waals surface area contributed by atoms with Gasteiger partial charge >= 0.3 is 0 Å². The molecule has 0 bridgehead atoms. The molecule has 3 nitrogen and oxygen atoms in total. The Morgan fingerprint density at radius 2 is 2.43 bits per heavy atom. The molecule has 0 rings (SSSR count). The second kappa shape index (κ2) is 2.83. The lowest BCUT2D eigenvalue weighted by Crippen LogP contribution is -1.75. The molecule has 3 heteroatoms. The molecule has 0 unspecified atom stereocenters. The van der Waals surface area contributed by atoms with E-state index in [1.807, 2.05) is 0 Å². The molecule has 0 heterocycles. The minimum Gasteiger partial charge on any atom is -0.296 e. The smallest absolute Gasteiger partial charge is 0.170 e. The molecule has 0 aliphatic carbocycles. The SMILES string of the molecule is N#CC(=C=N)C=O. The molecule has 0 aliphatic rings. The molecule has 0 aliphatic heterocycles. The highest BCUT2D eigenvalue weighted by Crippen LogP contribution is 1.71. The number of nitrogens with zero attached hydrogens (tertiary/aromatic N) is 1. The molecular weight excluding hydrogens is 92.1 g/mol. The molecule has 0 aromatic carbocycles. The first kappa shape index (κ1) is 5.61. The highest BCUT2D eigenvalue weighted by molar-refractivity contribution is 5.91. The fraction of sp³-hybridized carbons (Fsp3) is 0. The van der Waals surface area contributed by atoms with Gasteiger partial charge in [0.15, 0.2) is 11.9 Å². The lowest BCUT2D eigenvalue weighted by Gasteiger charge is -1.62. The van der Waals surface area contributed by atoms with Gasteiger partial charge in [0.05, 0.1) is 0 Å². The van der Waals surface area contributed by atoms with Crippen LogP contribution in [0.15, 0.2) is 5.57 Å². The fourth-order valence-electron chi connectivity index (χ4n) is 0.0838. The minimum absolute atomic E-state index is 0.278. The number of nitrogens with one attached hydrogen (secondary N) is 1. The van der Waals surface area contributed by atoms with Gasteiger partial charge in [0.2, 0.25) is 0 Å². The summed E-state index contributed by atoms with van der Waals surface area (Å²) in [5.41, 5.74) is -0.278. The highest BCUT2D eigenvalue weighted by Gasteiger charge is 1.82. The lowest BCUT2D eigenvalue weighted by molar-refractivity contribution is -0.104. The van der Waals surface area contributed by atoms with Crippen LogP contribution in [0.25, 0.3) is 0 Å². The second-order valence-corrected chi connectivity index (χ2v) is 0.768. The normalized spacial score (nSPS) is 5.57. The molecule has 0 aromatic rings. The summed E-state index contributed by atoms with van der Waals surface area (Å²) in [7, 11) is 0. The van der Waals surface area contributed by atoms with E-state index >= 15 is 0 Å². The molecule has 0 fully saturated rings. The first-order valence-corrected chi connectivity index (χ1v) is 1.50. The minimum atomic E-state index is -0.278. The van der Waals surface area contributed by atoms with Crippen molar-refractivity contribution < 1.29 is 4.79 Å². The number of aldehydes is 1. The standard InChI is InChI=1S/C4H2N2O/c5-1-4(2-6)3-7/h3,5H. The Labute approximate surface area is 40.4 Å². The first-order valence-electron chi connectivity index (χ1n) is 1.50. The van der Waals surface area contributed by atoms with Crippen LogP contribution in [0, 0.1) is 16.7 Å². The molecule has 0 radical (unpaired) electrons. The van der Waals surface area contributed by atoms with E-state index in [1.54, 1.807) is 5.87 Å². The van der Waals surface area contributed by atoms with Crippen LogP contribution in [0.2, 0.25) is 0 Å². The third kappa shape index (κ3) is 1.48. The maximum Gasteiger partial charge on any atom is 0.170 e.